The number of rotatable bonds is 8. The maximum Gasteiger partial charge on any atom is 0.272 e. The Kier molecular flexibility index (Phi) is 6.51. The van der Waals surface area contributed by atoms with Gasteiger partial charge in [-0.05, 0) is 44.0 Å². The molecule has 1 aliphatic heterocycles. The molecule has 0 radical (unpaired) electrons. The average molecular weight is 438 g/mol. The molecule has 4 rings (SSSR count). The maximum atomic E-state index is 12.9. The number of aryl methyl sites for hydroxylation is 1. The van der Waals surface area contributed by atoms with Crippen LogP contribution in [-0.4, -0.2) is 35.4 Å². The van der Waals surface area contributed by atoms with Crippen molar-refractivity contribution >= 4 is 17.7 Å². The van der Waals surface area contributed by atoms with Crippen LogP contribution in [0, 0.1) is 0 Å². The van der Waals surface area contributed by atoms with Crippen LogP contribution in [0.25, 0.3) is 11.3 Å². The number of carbonyl (C=O) groups is 1. The predicted octanol–water partition coefficient (Wildman–Crippen LogP) is 4.46. The van der Waals surface area contributed by atoms with Crippen LogP contribution in [0.3, 0.4) is 0 Å². The third kappa shape index (κ3) is 4.42. The number of carbonyl (C=O) groups excluding carboxylic acids is 1. The molecule has 0 atom stereocenters. The van der Waals surface area contributed by atoms with Crippen molar-refractivity contribution in [3.8, 4) is 22.8 Å². The summed E-state index contributed by atoms with van der Waals surface area (Å²) in [6, 6.07) is 14.2. The van der Waals surface area contributed by atoms with Gasteiger partial charge in [-0.15, -0.1) is 11.8 Å². The number of thioether (sulfide) groups is 1. The lowest BCUT2D eigenvalue weighted by Crippen LogP contribution is -2.27. The minimum Gasteiger partial charge on any atom is -0.490 e. The summed E-state index contributed by atoms with van der Waals surface area (Å²) in [4.78, 5) is 14.1. The second-order valence-electron chi connectivity index (χ2n) is 7.24. The monoisotopic (exact) mass is 437 g/mol. The van der Waals surface area contributed by atoms with E-state index in [4.69, 9.17) is 9.47 Å². The van der Waals surface area contributed by atoms with Crippen molar-refractivity contribution in [1.29, 1.82) is 0 Å². The second kappa shape index (κ2) is 9.47. The van der Waals surface area contributed by atoms with E-state index in [0.717, 1.165) is 39.6 Å². The van der Waals surface area contributed by atoms with Crippen molar-refractivity contribution in [1.82, 2.24) is 15.1 Å². The summed E-state index contributed by atoms with van der Waals surface area (Å²) in [5.74, 6) is 2.10. The highest BCUT2D eigenvalue weighted by molar-refractivity contribution is 7.98. The summed E-state index contributed by atoms with van der Waals surface area (Å²) < 4.78 is 13.1. The largest absolute Gasteiger partial charge is 0.490 e. The van der Waals surface area contributed by atoms with Gasteiger partial charge in [-0.3, -0.25) is 9.48 Å². The Morgan fingerprint density at radius 3 is 2.71 bits per heavy atom. The van der Waals surface area contributed by atoms with Crippen LogP contribution < -0.4 is 14.8 Å². The van der Waals surface area contributed by atoms with E-state index in [0.29, 0.717) is 31.9 Å². The summed E-state index contributed by atoms with van der Waals surface area (Å²) in [6.45, 7) is 5.59. The first-order valence-electron chi connectivity index (χ1n) is 10.6. The lowest BCUT2D eigenvalue weighted by molar-refractivity contribution is 0.0947. The zero-order valence-electron chi connectivity index (χ0n) is 18.1. The SMILES string of the molecule is CCOc1ccc(CCNC(=O)c2nn(C)c3c2CSc2ccccc2-3)cc1OCC. The van der Waals surface area contributed by atoms with Gasteiger partial charge in [0, 0.05) is 35.4 Å². The first-order valence-corrected chi connectivity index (χ1v) is 11.6. The van der Waals surface area contributed by atoms with Crippen LogP contribution in [0.1, 0.15) is 35.5 Å². The van der Waals surface area contributed by atoms with Crippen molar-refractivity contribution in [3.05, 3.63) is 59.3 Å². The van der Waals surface area contributed by atoms with Crippen LogP contribution in [0.15, 0.2) is 47.4 Å². The van der Waals surface area contributed by atoms with Crippen LogP contribution in [-0.2, 0) is 19.2 Å². The van der Waals surface area contributed by atoms with Gasteiger partial charge in [0.15, 0.2) is 17.2 Å². The Balaban J connectivity index is 1.45. The van der Waals surface area contributed by atoms with E-state index in [1.165, 1.54) is 4.90 Å². The average Bonchev–Trinajstić information content (AvgIpc) is 3.13. The molecule has 0 spiro atoms. The molecular formula is C24H27N3O3S. The Labute approximate surface area is 186 Å². The predicted molar refractivity (Wildman–Crippen MR) is 123 cm³/mol. The number of nitrogens with one attached hydrogen (secondary N) is 1. The van der Waals surface area contributed by atoms with Crippen molar-refractivity contribution in [2.45, 2.75) is 30.9 Å². The normalized spacial score (nSPS) is 12.1. The molecule has 0 fully saturated rings. The molecule has 1 aliphatic rings. The van der Waals surface area contributed by atoms with Gasteiger partial charge < -0.3 is 14.8 Å². The van der Waals surface area contributed by atoms with Crippen molar-refractivity contribution in [2.75, 3.05) is 19.8 Å². The molecule has 6 nitrogen and oxygen atoms in total. The molecular weight excluding hydrogens is 410 g/mol. The van der Waals surface area contributed by atoms with Gasteiger partial charge in [-0.2, -0.15) is 5.10 Å². The van der Waals surface area contributed by atoms with E-state index < -0.39 is 0 Å². The molecule has 1 aromatic heterocycles. The molecule has 31 heavy (non-hydrogen) atoms. The van der Waals surface area contributed by atoms with E-state index >= 15 is 0 Å². The van der Waals surface area contributed by atoms with Gasteiger partial charge in [-0.25, -0.2) is 0 Å². The van der Waals surface area contributed by atoms with Gasteiger partial charge in [0.05, 0.1) is 18.9 Å². The van der Waals surface area contributed by atoms with Crippen molar-refractivity contribution < 1.29 is 14.3 Å². The van der Waals surface area contributed by atoms with Gasteiger partial charge >= 0.3 is 0 Å². The summed E-state index contributed by atoms with van der Waals surface area (Å²) >= 11 is 1.75. The summed E-state index contributed by atoms with van der Waals surface area (Å²) in [5.41, 5.74) is 4.78. The molecule has 0 unspecified atom stereocenters. The zero-order chi connectivity index (χ0) is 21.8. The number of fused-ring (bicyclic) bond motifs is 3. The van der Waals surface area contributed by atoms with Gasteiger partial charge in [0.25, 0.3) is 5.91 Å². The Morgan fingerprint density at radius 2 is 1.90 bits per heavy atom. The summed E-state index contributed by atoms with van der Waals surface area (Å²) in [5, 5.41) is 7.57. The first-order chi connectivity index (χ1) is 15.1. The summed E-state index contributed by atoms with van der Waals surface area (Å²) in [6.07, 6.45) is 0.699. The number of amides is 1. The summed E-state index contributed by atoms with van der Waals surface area (Å²) in [7, 11) is 1.90. The van der Waals surface area contributed by atoms with Crippen LogP contribution >= 0.6 is 11.8 Å². The highest BCUT2D eigenvalue weighted by Gasteiger charge is 2.27. The number of hydrogen-bond acceptors (Lipinski definition) is 5. The standard InChI is InChI=1S/C24H27N3O3S/c1-4-29-19-11-10-16(14-20(19)30-5-2)12-13-25-24(28)22-18-15-31-21-9-7-6-8-17(21)23(18)27(3)26-22/h6-11,14H,4-5,12-13,15H2,1-3H3,(H,25,28). The smallest absolute Gasteiger partial charge is 0.272 e. The lowest BCUT2D eigenvalue weighted by Gasteiger charge is -2.17. The van der Waals surface area contributed by atoms with E-state index in [2.05, 4.69) is 22.5 Å². The third-order valence-corrected chi connectivity index (χ3v) is 6.28. The van der Waals surface area contributed by atoms with E-state index in [9.17, 15) is 4.79 Å². The molecule has 2 heterocycles. The van der Waals surface area contributed by atoms with Crippen LogP contribution in [0.5, 0.6) is 11.5 Å². The molecule has 1 amide bonds. The zero-order valence-corrected chi connectivity index (χ0v) is 18.9. The fraction of sp³-hybridized carbons (Fsp3) is 0.333. The Hall–Kier alpha value is -2.93. The number of ether oxygens (including phenoxy) is 2. The van der Waals surface area contributed by atoms with E-state index in [1.54, 1.807) is 11.8 Å². The highest BCUT2D eigenvalue weighted by atomic mass is 32.2. The number of benzene rings is 2. The molecule has 0 saturated heterocycles. The third-order valence-electron chi connectivity index (χ3n) is 5.18. The minimum absolute atomic E-state index is 0.132. The quantitative estimate of drug-likeness (QED) is 0.564. The van der Waals surface area contributed by atoms with E-state index in [-0.39, 0.29) is 5.91 Å². The fourth-order valence-corrected chi connectivity index (χ4v) is 4.89. The molecule has 3 aromatic rings. The van der Waals surface area contributed by atoms with Gasteiger partial charge in [0.2, 0.25) is 0 Å². The molecule has 7 heteroatoms. The molecule has 1 N–H and O–H groups in total. The van der Waals surface area contributed by atoms with Crippen molar-refractivity contribution in [2.24, 2.45) is 7.05 Å². The first kappa shape index (κ1) is 21.3. The fourth-order valence-electron chi connectivity index (χ4n) is 3.82. The molecule has 162 valence electrons. The second-order valence-corrected chi connectivity index (χ2v) is 8.25. The molecule has 0 saturated carbocycles. The maximum absolute atomic E-state index is 12.9. The number of hydrogen-bond donors (Lipinski definition) is 1. The topological polar surface area (TPSA) is 65.4 Å². The highest BCUT2D eigenvalue weighted by Crippen LogP contribution is 2.42. The Morgan fingerprint density at radius 1 is 1.13 bits per heavy atom. The van der Waals surface area contributed by atoms with Crippen LogP contribution in [0.2, 0.25) is 0 Å². The van der Waals surface area contributed by atoms with Gasteiger partial charge in [0.1, 0.15) is 0 Å². The lowest BCUT2D eigenvalue weighted by atomic mass is 10.1. The molecule has 0 aliphatic carbocycles. The molecule has 2 aromatic carbocycles. The molecule has 0 bridgehead atoms. The van der Waals surface area contributed by atoms with Gasteiger partial charge in [-0.1, -0.05) is 24.3 Å². The van der Waals surface area contributed by atoms with E-state index in [1.807, 2.05) is 55.9 Å². The van der Waals surface area contributed by atoms with Crippen LogP contribution in [0.4, 0.5) is 0 Å². The number of nitrogens with zero attached hydrogens (tertiary/aromatic N) is 2. The minimum atomic E-state index is -0.132. The van der Waals surface area contributed by atoms with Crippen molar-refractivity contribution in [3.63, 3.8) is 0 Å². The Bertz CT molecular complexity index is 1090. The number of aromatic nitrogens is 2.